The third-order valence-corrected chi connectivity index (χ3v) is 2.50. The first-order valence-corrected chi connectivity index (χ1v) is 5.37. The fraction of sp³-hybridized carbons (Fsp3) is 0.600. The van der Waals surface area contributed by atoms with E-state index >= 15 is 0 Å². The van der Waals surface area contributed by atoms with Crippen LogP contribution in [0.15, 0.2) is 4.99 Å². The predicted octanol–water partition coefficient (Wildman–Crippen LogP) is -3.37. The van der Waals surface area contributed by atoms with Crippen LogP contribution >= 0.6 is 0 Å². The number of aliphatic carboxylic acids is 2. The molecule has 1 saturated heterocycles. The fourth-order valence-electron chi connectivity index (χ4n) is 1.53. The van der Waals surface area contributed by atoms with Crippen molar-refractivity contribution in [3.8, 4) is 0 Å². The van der Waals surface area contributed by atoms with Crippen LogP contribution in [0.1, 0.15) is 25.7 Å². The summed E-state index contributed by atoms with van der Waals surface area (Å²) in [7, 11) is 0. The van der Waals surface area contributed by atoms with Gasteiger partial charge in [-0.15, -0.1) is 0 Å². The number of carbonyl (C=O) groups is 3. The van der Waals surface area contributed by atoms with Crippen LogP contribution in [0.5, 0.6) is 0 Å². The number of hydrogen-bond donors (Lipinski definition) is 2. The Morgan fingerprint density at radius 2 is 1.95 bits per heavy atom. The van der Waals surface area contributed by atoms with Crippen molar-refractivity contribution in [1.82, 2.24) is 5.32 Å². The van der Waals surface area contributed by atoms with Crippen molar-refractivity contribution in [3.05, 3.63) is 0 Å². The first-order valence-electron chi connectivity index (χ1n) is 5.37. The largest absolute Gasteiger partial charge is 2.00 e. The molecule has 2 aliphatic heterocycles. The molecular weight excluding hydrogens is 381 g/mol. The van der Waals surface area contributed by atoms with E-state index in [9.17, 15) is 24.6 Å². The van der Waals surface area contributed by atoms with Crippen LogP contribution in [0, 0.1) is 0 Å². The summed E-state index contributed by atoms with van der Waals surface area (Å²) in [5, 5.41) is 30.9. The molecule has 0 bridgehead atoms. The average Bonchev–Trinajstić information content (AvgIpc) is 2.88. The number of nitrogens with zero attached hydrogens (tertiary/aromatic N) is 1. The van der Waals surface area contributed by atoms with E-state index in [1.807, 2.05) is 0 Å². The van der Waals surface area contributed by atoms with Gasteiger partial charge in [-0.1, -0.05) is 0 Å². The van der Waals surface area contributed by atoms with Crippen LogP contribution in [0.2, 0.25) is 0 Å². The van der Waals surface area contributed by atoms with Crippen LogP contribution in [0.4, 0.5) is 0 Å². The van der Waals surface area contributed by atoms with E-state index in [1.54, 1.807) is 0 Å². The second kappa shape index (κ2) is 8.59. The number of carboxylic acids is 2. The smallest absolute Gasteiger partial charge is 0.862 e. The third-order valence-electron chi connectivity index (χ3n) is 2.50. The predicted molar refractivity (Wildman–Crippen MR) is 60.0 cm³/mol. The molecule has 1 fully saturated rings. The Bertz CT molecular complexity index is 397. The number of hydrogen-bond acceptors (Lipinski definition) is 6. The molecule has 0 aliphatic carbocycles. The molecule has 0 aromatic heterocycles. The Morgan fingerprint density at radius 3 is 2.16 bits per heavy atom. The third kappa shape index (κ3) is 6.43. The zero-order valence-electron chi connectivity index (χ0n) is 10.1. The number of carbonyl (C=O) groups excluding carboxylic acids is 2. The van der Waals surface area contributed by atoms with Gasteiger partial charge in [-0.05, 0) is 25.2 Å². The molecule has 0 unspecified atom stereocenters. The SMILES string of the molecule is O=C([O-])[C@H]1CCC([O-])=N1.O=C1CC[C@H](C(=O)O)N1.[Ba+2]. The first-order chi connectivity index (χ1) is 8.40. The van der Waals surface area contributed by atoms with Crippen molar-refractivity contribution in [3.63, 3.8) is 0 Å². The molecule has 2 N–H and O–H groups in total. The van der Waals surface area contributed by atoms with Gasteiger partial charge in [0.25, 0.3) is 0 Å². The maximum Gasteiger partial charge on any atom is 2.00 e. The Kier molecular flexibility index (Phi) is 8.34. The fourth-order valence-corrected chi connectivity index (χ4v) is 1.53. The number of carboxylic acid groups (broad SMARTS) is 2. The van der Waals surface area contributed by atoms with Gasteiger partial charge in [0.15, 0.2) is 0 Å². The van der Waals surface area contributed by atoms with Gasteiger partial charge in [0.2, 0.25) is 5.91 Å². The Labute approximate surface area is 149 Å². The topological polar surface area (TPSA) is 142 Å². The molecule has 0 aromatic carbocycles. The second-order valence-electron chi connectivity index (χ2n) is 3.89. The van der Waals surface area contributed by atoms with Gasteiger partial charge in [-0.2, -0.15) is 0 Å². The molecule has 2 aliphatic rings. The van der Waals surface area contributed by atoms with Crippen molar-refractivity contribution < 1.29 is 29.7 Å². The molecule has 100 valence electrons. The number of rotatable bonds is 2. The van der Waals surface area contributed by atoms with E-state index in [-0.39, 0.29) is 67.1 Å². The zero-order chi connectivity index (χ0) is 13.7. The summed E-state index contributed by atoms with van der Waals surface area (Å²) in [4.78, 5) is 33.8. The molecule has 0 radical (unpaired) electrons. The maximum atomic E-state index is 10.4. The second-order valence-corrected chi connectivity index (χ2v) is 3.89. The van der Waals surface area contributed by atoms with Crippen molar-refractivity contribution in [2.75, 3.05) is 0 Å². The summed E-state index contributed by atoms with van der Waals surface area (Å²) in [6, 6.07) is -1.52. The Balaban J connectivity index is 0.000000324. The molecule has 2 rings (SSSR count). The van der Waals surface area contributed by atoms with Crippen molar-refractivity contribution in [1.29, 1.82) is 0 Å². The van der Waals surface area contributed by atoms with E-state index in [0.29, 0.717) is 19.3 Å². The minimum atomic E-state index is -1.25. The van der Waals surface area contributed by atoms with Gasteiger partial charge in [0.1, 0.15) is 6.04 Å². The summed E-state index contributed by atoms with van der Waals surface area (Å²) in [6.45, 7) is 0. The number of nitrogens with one attached hydrogen (secondary N) is 1. The molecule has 19 heavy (non-hydrogen) atoms. The minimum Gasteiger partial charge on any atom is -0.862 e. The monoisotopic (exact) mass is 394 g/mol. The molecule has 0 spiro atoms. The molecule has 8 nitrogen and oxygen atoms in total. The van der Waals surface area contributed by atoms with Gasteiger partial charge in [-0.3, -0.25) is 9.79 Å². The Hall–Kier alpha value is -0.549. The van der Waals surface area contributed by atoms with Crippen LogP contribution < -0.4 is 15.5 Å². The van der Waals surface area contributed by atoms with Gasteiger partial charge in [0, 0.05) is 6.42 Å². The van der Waals surface area contributed by atoms with Crippen LogP contribution in [0.3, 0.4) is 0 Å². The van der Waals surface area contributed by atoms with Crippen molar-refractivity contribution >= 4 is 72.6 Å². The molecular formula is C10H12BaN2O6. The average molecular weight is 394 g/mol. The van der Waals surface area contributed by atoms with E-state index in [2.05, 4.69) is 10.3 Å². The molecule has 2 atom stereocenters. The van der Waals surface area contributed by atoms with Gasteiger partial charge < -0.3 is 25.4 Å². The zero-order valence-corrected chi connectivity index (χ0v) is 14.6. The van der Waals surface area contributed by atoms with Crippen molar-refractivity contribution in [2.45, 2.75) is 37.8 Å². The Morgan fingerprint density at radius 1 is 1.32 bits per heavy atom. The number of amides is 1. The molecule has 9 heteroatoms. The first kappa shape index (κ1) is 18.5. The summed E-state index contributed by atoms with van der Waals surface area (Å²) >= 11 is 0. The van der Waals surface area contributed by atoms with E-state index in [4.69, 9.17) is 5.11 Å². The molecule has 0 aromatic rings. The summed E-state index contributed by atoms with van der Waals surface area (Å²) < 4.78 is 0. The minimum absolute atomic E-state index is 0. The van der Waals surface area contributed by atoms with Gasteiger partial charge in [0.05, 0.1) is 12.0 Å². The van der Waals surface area contributed by atoms with Gasteiger partial charge >= 0.3 is 54.9 Å². The normalized spacial score (nSPS) is 24.4. The molecule has 1 amide bonds. The van der Waals surface area contributed by atoms with E-state index in [0.717, 1.165) is 0 Å². The van der Waals surface area contributed by atoms with E-state index in [1.165, 1.54) is 0 Å². The summed E-state index contributed by atoms with van der Waals surface area (Å²) in [5.74, 6) is -2.69. The molecule has 0 saturated carbocycles. The summed E-state index contributed by atoms with van der Waals surface area (Å²) in [6.07, 6.45) is 1.32. The van der Waals surface area contributed by atoms with Crippen LogP contribution in [-0.2, 0) is 14.4 Å². The van der Waals surface area contributed by atoms with Gasteiger partial charge in [-0.25, -0.2) is 4.79 Å². The quantitative estimate of drug-likeness (QED) is 0.469. The maximum absolute atomic E-state index is 10.4. The summed E-state index contributed by atoms with van der Waals surface area (Å²) in [5.41, 5.74) is 0. The van der Waals surface area contributed by atoms with E-state index < -0.39 is 24.0 Å². The standard InChI is InChI=1S/2C5H7NO3.Ba/c2*7-4-2-1-3(6-4)5(8)9;/h2*3H,1-2H2,(H,6,7)(H,8,9);/q;;+2/p-2/t2*3-;/m11./s1. The van der Waals surface area contributed by atoms with Crippen LogP contribution in [0.25, 0.3) is 0 Å². The number of aliphatic imine (C=N–C) groups is 1. The van der Waals surface area contributed by atoms with Crippen molar-refractivity contribution in [2.24, 2.45) is 4.99 Å². The van der Waals surface area contributed by atoms with Crippen LogP contribution in [-0.4, -0.2) is 89.8 Å². The molecule has 2 heterocycles.